The molecule has 0 fully saturated rings. The van der Waals surface area contributed by atoms with E-state index in [0.717, 1.165) is 6.33 Å². The molecule has 0 aliphatic heterocycles. The maximum atomic E-state index is 11.8. The van der Waals surface area contributed by atoms with Gasteiger partial charge in [-0.2, -0.15) is 0 Å². The summed E-state index contributed by atoms with van der Waals surface area (Å²) in [5, 5.41) is 11.4. The molecule has 5 N–H and O–H groups in total. The van der Waals surface area contributed by atoms with Crippen LogP contribution in [0.4, 0.5) is 11.4 Å². The fraction of sp³-hybridized carbons (Fsp3) is 0. The summed E-state index contributed by atoms with van der Waals surface area (Å²) in [6.07, 6.45) is 1.15. The van der Waals surface area contributed by atoms with Crippen LogP contribution in [0.25, 0.3) is 0 Å². The summed E-state index contributed by atoms with van der Waals surface area (Å²) in [5.41, 5.74) is 6.17. The van der Waals surface area contributed by atoms with Crippen molar-refractivity contribution in [1.29, 1.82) is 0 Å². The molecule has 2 rings (SSSR count). The average Bonchev–Trinajstić information content (AvgIpc) is 2.81. The molecule has 7 nitrogen and oxygen atoms in total. The van der Waals surface area contributed by atoms with Crippen molar-refractivity contribution < 1.29 is 14.7 Å². The van der Waals surface area contributed by atoms with Crippen LogP contribution in [-0.4, -0.2) is 27.0 Å². The summed E-state index contributed by atoms with van der Waals surface area (Å²) in [7, 11) is 0. The topological polar surface area (TPSA) is 121 Å². The van der Waals surface area contributed by atoms with E-state index >= 15 is 0 Å². The number of anilines is 2. The highest BCUT2D eigenvalue weighted by Gasteiger charge is 2.19. The normalized spacial score (nSPS) is 10.0. The van der Waals surface area contributed by atoms with E-state index in [1.807, 2.05) is 0 Å². The van der Waals surface area contributed by atoms with Gasteiger partial charge in [-0.05, 0) is 24.3 Å². The van der Waals surface area contributed by atoms with Crippen LogP contribution in [0.5, 0.6) is 0 Å². The fourth-order valence-corrected chi connectivity index (χ4v) is 1.39. The first-order valence-corrected chi connectivity index (χ1v) is 5.01. The number of aromatic nitrogens is 2. The smallest absolute Gasteiger partial charge is 0.354 e. The van der Waals surface area contributed by atoms with Gasteiger partial charge >= 0.3 is 5.97 Å². The van der Waals surface area contributed by atoms with Crippen LogP contribution in [0.3, 0.4) is 0 Å². The number of aromatic carboxylic acids is 1. The molecule has 0 bridgehead atoms. The van der Waals surface area contributed by atoms with Crippen LogP contribution in [0.2, 0.25) is 0 Å². The number of aromatic amines is 1. The van der Waals surface area contributed by atoms with Crippen molar-refractivity contribution in [3.05, 3.63) is 42.0 Å². The van der Waals surface area contributed by atoms with E-state index in [0.29, 0.717) is 11.4 Å². The molecule has 92 valence electrons. The van der Waals surface area contributed by atoms with Crippen LogP contribution in [0.1, 0.15) is 21.0 Å². The van der Waals surface area contributed by atoms with Crippen molar-refractivity contribution in [2.24, 2.45) is 0 Å². The van der Waals surface area contributed by atoms with Gasteiger partial charge in [-0.3, -0.25) is 4.79 Å². The summed E-state index contributed by atoms with van der Waals surface area (Å²) in [4.78, 5) is 28.7. The number of carbonyl (C=O) groups is 2. The molecule has 0 saturated heterocycles. The van der Waals surface area contributed by atoms with Gasteiger partial charge < -0.3 is 21.1 Å². The van der Waals surface area contributed by atoms with E-state index in [1.54, 1.807) is 24.3 Å². The number of carbonyl (C=O) groups excluding carboxylic acids is 1. The SMILES string of the molecule is Nc1ccc(NC(=O)c2nc[nH]c2C(=O)O)cc1. The van der Waals surface area contributed by atoms with Gasteiger partial charge in [-0.1, -0.05) is 0 Å². The number of nitrogens with zero attached hydrogens (tertiary/aromatic N) is 1. The standard InChI is InChI=1S/C11H10N4O3/c12-6-1-3-7(4-2-6)15-10(16)8-9(11(17)18)14-5-13-8/h1-5H,12H2,(H,13,14)(H,15,16)(H,17,18). The van der Waals surface area contributed by atoms with Gasteiger partial charge in [0.1, 0.15) is 0 Å². The number of carboxylic acids is 1. The Labute approximate surface area is 102 Å². The van der Waals surface area contributed by atoms with E-state index < -0.39 is 11.9 Å². The van der Waals surface area contributed by atoms with Gasteiger partial charge in [0.15, 0.2) is 11.4 Å². The third-order valence-corrected chi connectivity index (χ3v) is 2.24. The van der Waals surface area contributed by atoms with Crippen molar-refractivity contribution in [3.8, 4) is 0 Å². The second kappa shape index (κ2) is 4.58. The van der Waals surface area contributed by atoms with Gasteiger partial charge in [0.05, 0.1) is 6.33 Å². The van der Waals surface area contributed by atoms with Crippen molar-refractivity contribution >= 4 is 23.3 Å². The van der Waals surface area contributed by atoms with Gasteiger partial charge in [-0.15, -0.1) is 0 Å². The van der Waals surface area contributed by atoms with Crippen molar-refractivity contribution in [1.82, 2.24) is 9.97 Å². The Balaban J connectivity index is 2.19. The number of amides is 1. The number of imidazole rings is 1. The quantitative estimate of drug-likeness (QED) is 0.600. The zero-order valence-electron chi connectivity index (χ0n) is 9.18. The molecule has 0 saturated carbocycles. The minimum atomic E-state index is -1.24. The van der Waals surface area contributed by atoms with Gasteiger partial charge in [0.25, 0.3) is 5.91 Å². The van der Waals surface area contributed by atoms with E-state index in [1.165, 1.54) is 0 Å². The number of carboxylic acid groups (broad SMARTS) is 1. The van der Waals surface area contributed by atoms with Crippen LogP contribution in [0, 0.1) is 0 Å². The maximum Gasteiger partial charge on any atom is 0.354 e. The van der Waals surface area contributed by atoms with Gasteiger partial charge in [-0.25, -0.2) is 9.78 Å². The third-order valence-electron chi connectivity index (χ3n) is 2.24. The predicted molar refractivity (Wildman–Crippen MR) is 64.4 cm³/mol. The molecule has 0 spiro atoms. The van der Waals surface area contributed by atoms with Crippen molar-refractivity contribution in [2.75, 3.05) is 11.1 Å². The van der Waals surface area contributed by atoms with Crippen molar-refractivity contribution in [2.45, 2.75) is 0 Å². The Morgan fingerprint density at radius 2 is 1.94 bits per heavy atom. The van der Waals surface area contributed by atoms with Crippen LogP contribution >= 0.6 is 0 Å². The molecule has 7 heteroatoms. The first-order valence-electron chi connectivity index (χ1n) is 5.01. The number of H-pyrrole nitrogens is 1. The van der Waals surface area contributed by atoms with E-state index in [4.69, 9.17) is 10.8 Å². The summed E-state index contributed by atoms with van der Waals surface area (Å²) in [5.74, 6) is -1.84. The average molecular weight is 246 g/mol. The van der Waals surface area contributed by atoms with E-state index in [2.05, 4.69) is 15.3 Å². The largest absolute Gasteiger partial charge is 0.477 e. The minimum absolute atomic E-state index is 0.167. The Morgan fingerprint density at radius 3 is 2.56 bits per heavy atom. The molecule has 1 amide bonds. The molecule has 0 atom stereocenters. The Bertz CT molecular complexity index is 589. The summed E-state index contributed by atoms with van der Waals surface area (Å²) in [6, 6.07) is 6.47. The first-order chi connectivity index (χ1) is 8.58. The highest BCUT2D eigenvalue weighted by atomic mass is 16.4. The Kier molecular flexibility index (Phi) is 2.96. The number of nitrogens with one attached hydrogen (secondary N) is 2. The van der Waals surface area contributed by atoms with Gasteiger partial charge in [0.2, 0.25) is 0 Å². The number of rotatable bonds is 3. The van der Waals surface area contributed by atoms with E-state index in [-0.39, 0.29) is 11.4 Å². The monoisotopic (exact) mass is 246 g/mol. The lowest BCUT2D eigenvalue weighted by molar-refractivity contribution is 0.0686. The zero-order chi connectivity index (χ0) is 13.1. The lowest BCUT2D eigenvalue weighted by Crippen LogP contribution is -2.16. The molecule has 2 aromatic rings. The molecule has 0 aliphatic carbocycles. The highest BCUT2D eigenvalue weighted by molar-refractivity contribution is 6.08. The summed E-state index contributed by atoms with van der Waals surface area (Å²) < 4.78 is 0. The molecule has 18 heavy (non-hydrogen) atoms. The van der Waals surface area contributed by atoms with Gasteiger partial charge in [0, 0.05) is 11.4 Å². The number of hydrogen-bond acceptors (Lipinski definition) is 4. The fourth-order valence-electron chi connectivity index (χ4n) is 1.39. The van der Waals surface area contributed by atoms with Crippen LogP contribution in [0.15, 0.2) is 30.6 Å². The molecular weight excluding hydrogens is 236 g/mol. The number of benzene rings is 1. The zero-order valence-corrected chi connectivity index (χ0v) is 9.18. The molecule has 1 aromatic carbocycles. The number of nitrogen functional groups attached to an aromatic ring is 1. The maximum absolute atomic E-state index is 11.8. The lowest BCUT2D eigenvalue weighted by atomic mass is 10.2. The number of hydrogen-bond donors (Lipinski definition) is 4. The summed E-state index contributed by atoms with van der Waals surface area (Å²) >= 11 is 0. The molecule has 0 radical (unpaired) electrons. The Hall–Kier alpha value is -2.83. The highest BCUT2D eigenvalue weighted by Crippen LogP contribution is 2.12. The molecular formula is C11H10N4O3. The molecule has 0 unspecified atom stereocenters. The van der Waals surface area contributed by atoms with Crippen LogP contribution in [-0.2, 0) is 0 Å². The Morgan fingerprint density at radius 1 is 1.28 bits per heavy atom. The number of nitrogens with two attached hydrogens (primary N) is 1. The predicted octanol–water partition coefficient (Wildman–Crippen LogP) is 0.942. The van der Waals surface area contributed by atoms with Crippen molar-refractivity contribution in [3.63, 3.8) is 0 Å². The van der Waals surface area contributed by atoms with E-state index in [9.17, 15) is 9.59 Å². The second-order valence-corrected chi connectivity index (χ2v) is 3.51. The second-order valence-electron chi connectivity index (χ2n) is 3.51. The lowest BCUT2D eigenvalue weighted by Gasteiger charge is -2.04. The van der Waals surface area contributed by atoms with Crippen LogP contribution < -0.4 is 11.1 Å². The third kappa shape index (κ3) is 2.29. The molecule has 0 aliphatic rings. The molecule has 1 aromatic heterocycles. The first kappa shape index (κ1) is 11.6. The summed E-state index contributed by atoms with van der Waals surface area (Å²) in [6.45, 7) is 0. The molecule has 1 heterocycles. The minimum Gasteiger partial charge on any atom is -0.477 e.